The zero-order valence-corrected chi connectivity index (χ0v) is 13.0. The molecule has 6 heteroatoms. The lowest BCUT2D eigenvalue weighted by Crippen LogP contribution is -2.31. The van der Waals surface area contributed by atoms with Crippen LogP contribution in [0.2, 0.25) is 5.02 Å². The molecule has 1 fully saturated rings. The van der Waals surface area contributed by atoms with E-state index < -0.39 is 0 Å². The molecule has 1 aromatic rings. The Bertz CT molecular complexity index is 439. The average Bonchev–Trinajstić information content (AvgIpc) is 2.92. The molecular formula is C14H21ClFN3S. The molecular weight excluding hydrogens is 297 g/mol. The Hall–Kier alpha value is -0.490. The number of rotatable bonds is 7. The van der Waals surface area contributed by atoms with Gasteiger partial charge >= 0.3 is 0 Å². The van der Waals surface area contributed by atoms with Crippen molar-refractivity contribution in [2.24, 2.45) is 0 Å². The molecule has 0 unspecified atom stereocenters. The SMILES string of the molecule is Fc1cc(NCCCCN[C@@H]2CCNC2)c(Cl)cc1S. The van der Waals surface area contributed by atoms with Crippen molar-refractivity contribution in [3.63, 3.8) is 0 Å². The Morgan fingerprint density at radius 3 is 2.90 bits per heavy atom. The first-order chi connectivity index (χ1) is 9.66. The lowest BCUT2D eigenvalue weighted by atomic mass is 10.2. The van der Waals surface area contributed by atoms with Crippen LogP contribution in [0.4, 0.5) is 10.1 Å². The normalized spacial score (nSPS) is 18.4. The van der Waals surface area contributed by atoms with Gasteiger partial charge in [-0.25, -0.2) is 4.39 Å². The highest BCUT2D eigenvalue weighted by atomic mass is 35.5. The summed E-state index contributed by atoms with van der Waals surface area (Å²) in [4.78, 5) is 0.273. The lowest BCUT2D eigenvalue weighted by Gasteiger charge is -2.12. The maximum atomic E-state index is 13.4. The molecule has 2 rings (SSSR count). The highest BCUT2D eigenvalue weighted by Crippen LogP contribution is 2.27. The van der Waals surface area contributed by atoms with Crippen molar-refractivity contribution in [2.45, 2.75) is 30.2 Å². The quantitative estimate of drug-likeness (QED) is 0.461. The van der Waals surface area contributed by atoms with E-state index in [-0.39, 0.29) is 10.7 Å². The first kappa shape index (κ1) is 15.9. The van der Waals surface area contributed by atoms with E-state index in [1.54, 1.807) is 0 Å². The molecule has 0 amide bonds. The molecule has 0 bridgehead atoms. The molecule has 1 atom stereocenters. The van der Waals surface area contributed by atoms with Crippen LogP contribution in [0, 0.1) is 5.82 Å². The minimum Gasteiger partial charge on any atom is -0.384 e. The molecule has 20 heavy (non-hydrogen) atoms. The van der Waals surface area contributed by atoms with Gasteiger partial charge in [-0.2, -0.15) is 0 Å². The molecule has 0 aliphatic carbocycles. The van der Waals surface area contributed by atoms with Crippen molar-refractivity contribution in [3.05, 3.63) is 23.0 Å². The van der Waals surface area contributed by atoms with Gasteiger partial charge in [-0.15, -0.1) is 12.6 Å². The molecule has 0 radical (unpaired) electrons. The van der Waals surface area contributed by atoms with E-state index in [4.69, 9.17) is 11.6 Å². The van der Waals surface area contributed by atoms with Crippen molar-refractivity contribution >= 4 is 29.9 Å². The number of hydrogen-bond donors (Lipinski definition) is 4. The molecule has 1 aliphatic rings. The molecule has 1 heterocycles. The molecule has 1 aliphatic heterocycles. The van der Waals surface area contributed by atoms with Gasteiger partial charge in [-0.1, -0.05) is 11.6 Å². The molecule has 3 nitrogen and oxygen atoms in total. The second-order valence-electron chi connectivity index (χ2n) is 5.06. The lowest BCUT2D eigenvalue weighted by molar-refractivity contribution is 0.530. The number of anilines is 1. The van der Waals surface area contributed by atoms with Crippen LogP contribution in [0.3, 0.4) is 0 Å². The van der Waals surface area contributed by atoms with Crippen molar-refractivity contribution in [3.8, 4) is 0 Å². The minimum atomic E-state index is -0.351. The van der Waals surface area contributed by atoms with Gasteiger partial charge in [0.2, 0.25) is 0 Å². The zero-order valence-electron chi connectivity index (χ0n) is 11.4. The number of thiol groups is 1. The van der Waals surface area contributed by atoms with Gasteiger partial charge in [0.1, 0.15) is 5.82 Å². The van der Waals surface area contributed by atoms with Gasteiger partial charge in [0.25, 0.3) is 0 Å². The Balaban J connectivity index is 1.62. The van der Waals surface area contributed by atoms with Gasteiger partial charge < -0.3 is 16.0 Å². The second kappa shape index (κ2) is 8.08. The smallest absolute Gasteiger partial charge is 0.138 e. The van der Waals surface area contributed by atoms with Crippen molar-refractivity contribution < 1.29 is 4.39 Å². The van der Waals surface area contributed by atoms with Crippen LogP contribution < -0.4 is 16.0 Å². The van der Waals surface area contributed by atoms with Crippen LogP contribution in [-0.4, -0.2) is 32.2 Å². The van der Waals surface area contributed by atoms with Crippen LogP contribution in [0.15, 0.2) is 17.0 Å². The molecule has 1 saturated heterocycles. The summed E-state index contributed by atoms with van der Waals surface area (Å²) in [7, 11) is 0. The summed E-state index contributed by atoms with van der Waals surface area (Å²) in [5.74, 6) is -0.351. The highest BCUT2D eigenvalue weighted by Gasteiger charge is 2.12. The summed E-state index contributed by atoms with van der Waals surface area (Å²) in [6.07, 6.45) is 3.32. The van der Waals surface area contributed by atoms with E-state index in [1.807, 2.05) is 0 Å². The van der Waals surface area contributed by atoms with Crippen molar-refractivity contribution in [1.82, 2.24) is 10.6 Å². The molecule has 3 N–H and O–H groups in total. The molecule has 0 aromatic heterocycles. The van der Waals surface area contributed by atoms with Crippen LogP contribution in [-0.2, 0) is 0 Å². The number of nitrogens with one attached hydrogen (secondary N) is 3. The first-order valence-corrected chi connectivity index (χ1v) is 7.85. The maximum Gasteiger partial charge on any atom is 0.138 e. The summed E-state index contributed by atoms with van der Waals surface area (Å²) in [5.41, 5.74) is 0.634. The predicted molar refractivity (Wildman–Crippen MR) is 85.7 cm³/mol. The fraction of sp³-hybridized carbons (Fsp3) is 0.571. The van der Waals surface area contributed by atoms with Gasteiger partial charge in [-0.05, 0) is 44.5 Å². The Labute approximate surface area is 130 Å². The fourth-order valence-electron chi connectivity index (χ4n) is 2.28. The second-order valence-corrected chi connectivity index (χ2v) is 5.95. The van der Waals surface area contributed by atoms with Gasteiger partial charge in [-0.3, -0.25) is 0 Å². The molecule has 112 valence electrons. The van der Waals surface area contributed by atoms with Crippen LogP contribution in [0.5, 0.6) is 0 Å². The Morgan fingerprint density at radius 1 is 1.35 bits per heavy atom. The number of hydrogen-bond acceptors (Lipinski definition) is 4. The first-order valence-electron chi connectivity index (χ1n) is 7.03. The van der Waals surface area contributed by atoms with E-state index in [0.717, 1.165) is 39.0 Å². The Morgan fingerprint density at radius 2 is 2.15 bits per heavy atom. The van der Waals surface area contributed by atoms with Crippen LogP contribution >= 0.6 is 24.2 Å². The number of halogens is 2. The molecule has 1 aromatic carbocycles. The fourth-order valence-corrected chi connectivity index (χ4v) is 2.78. The molecule has 0 saturated carbocycles. The minimum absolute atomic E-state index is 0.273. The third kappa shape index (κ3) is 4.81. The van der Waals surface area contributed by atoms with Crippen LogP contribution in [0.25, 0.3) is 0 Å². The number of unbranched alkanes of at least 4 members (excludes halogenated alkanes) is 1. The monoisotopic (exact) mass is 317 g/mol. The largest absolute Gasteiger partial charge is 0.384 e. The maximum absolute atomic E-state index is 13.4. The van der Waals surface area contributed by atoms with Gasteiger partial charge in [0.15, 0.2) is 0 Å². The highest BCUT2D eigenvalue weighted by molar-refractivity contribution is 7.80. The van der Waals surface area contributed by atoms with Crippen LogP contribution in [0.1, 0.15) is 19.3 Å². The van der Waals surface area contributed by atoms with E-state index in [0.29, 0.717) is 16.8 Å². The van der Waals surface area contributed by atoms with E-state index in [9.17, 15) is 4.39 Å². The molecule has 0 spiro atoms. The third-order valence-electron chi connectivity index (χ3n) is 3.45. The van der Waals surface area contributed by atoms with Gasteiger partial charge in [0, 0.05) is 24.0 Å². The number of benzene rings is 1. The van der Waals surface area contributed by atoms with Gasteiger partial charge in [0.05, 0.1) is 10.7 Å². The summed E-state index contributed by atoms with van der Waals surface area (Å²) in [6.45, 7) is 4.00. The predicted octanol–water partition coefficient (Wildman–Crippen LogP) is 2.91. The van der Waals surface area contributed by atoms with Crippen molar-refractivity contribution in [2.75, 3.05) is 31.5 Å². The topological polar surface area (TPSA) is 36.1 Å². The standard InChI is InChI=1S/C14H21ClFN3S/c15-11-7-14(20)12(16)8-13(11)19-5-2-1-4-18-10-3-6-17-9-10/h7-8,10,17-20H,1-6,9H2/t10-/m1/s1. The average molecular weight is 318 g/mol. The summed E-state index contributed by atoms with van der Waals surface area (Å²) in [6, 6.07) is 3.54. The third-order valence-corrected chi connectivity index (χ3v) is 4.10. The summed E-state index contributed by atoms with van der Waals surface area (Å²) >= 11 is 10.0. The van der Waals surface area contributed by atoms with E-state index in [2.05, 4.69) is 28.6 Å². The zero-order chi connectivity index (χ0) is 14.4. The summed E-state index contributed by atoms with van der Waals surface area (Å²) in [5, 5.41) is 10.5. The van der Waals surface area contributed by atoms with E-state index in [1.165, 1.54) is 18.6 Å². The summed E-state index contributed by atoms with van der Waals surface area (Å²) < 4.78 is 13.4. The van der Waals surface area contributed by atoms with E-state index >= 15 is 0 Å². The Kier molecular flexibility index (Phi) is 6.42. The van der Waals surface area contributed by atoms with Crippen molar-refractivity contribution in [1.29, 1.82) is 0 Å².